The van der Waals surface area contributed by atoms with Gasteiger partial charge in [0.15, 0.2) is 0 Å². The minimum Gasteiger partial charge on any atom is -0.377 e. The lowest BCUT2D eigenvalue weighted by molar-refractivity contribution is 0.0186. The maximum Gasteiger partial charge on any atom is 0.317 e. The summed E-state index contributed by atoms with van der Waals surface area (Å²) in [5.74, 6) is 0.544. The zero-order valence-corrected chi connectivity index (χ0v) is 14.6. The summed E-state index contributed by atoms with van der Waals surface area (Å²) in [5.41, 5.74) is 1.37. The smallest absolute Gasteiger partial charge is 0.317 e. The van der Waals surface area contributed by atoms with Crippen LogP contribution in [0, 0.1) is 5.92 Å². The summed E-state index contributed by atoms with van der Waals surface area (Å²) in [4.78, 5) is 16.8. The fraction of sp³-hybridized carbons (Fsp3) is 0.632. The Morgan fingerprint density at radius 2 is 2.12 bits per heavy atom. The Morgan fingerprint density at radius 1 is 1.29 bits per heavy atom. The monoisotopic (exact) mass is 331 g/mol. The van der Waals surface area contributed by atoms with Gasteiger partial charge < -0.3 is 15.0 Å². The minimum absolute atomic E-state index is 0.0611. The summed E-state index contributed by atoms with van der Waals surface area (Å²) in [7, 11) is 0. The Morgan fingerprint density at radius 3 is 2.92 bits per heavy atom. The van der Waals surface area contributed by atoms with E-state index in [4.69, 9.17) is 4.74 Å². The van der Waals surface area contributed by atoms with Gasteiger partial charge in [0.05, 0.1) is 19.3 Å². The Balaban J connectivity index is 1.44. The number of amides is 2. The number of morpholine rings is 1. The van der Waals surface area contributed by atoms with Gasteiger partial charge in [0.25, 0.3) is 0 Å². The molecule has 0 saturated carbocycles. The topological polar surface area (TPSA) is 44.8 Å². The molecule has 2 aliphatic rings. The Bertz CT molecular complexity index is 523. The third kappa shape index (κ3) is 4.71. The summed E-state index contributed by atoms with van der Waals surface area (Å²) >= 11 is 0. The molecule has 1 aromatic carbocycles. The Labute approximate surface area is 145 Å². The first-order chi connectivity index (χ1) is 11.7. The van der Waals surface area contributed by atoms with Crippen LogP contribution in [0.4, 0.5) is 4.79 Å². The number of nitrogens with one attached hydrogen (secondary N) is 1. The summed E-state index contributed by atoms with van der Waals surface area (Å²) in [6, 6.07) is 10.9. The highest BCUT2D eigenvalue weighted by atomic mass is 16.5. The van der Waals surface area contributed by atoms with Crippen LogP contribution in [0.3, 0.4) is 0 Å². The molecule has 0 aromatic heterocycles. The molecule has 5 nitrogen and oxygen atoms in total. The van der Waals surface area contributed by atoms with Crippen LogP contribution < -0.4 is 5.32 Å². The molecule has 132 valence electrons. The number of carbonyl (C=O) groups is 1. The molecule has 24 heavy (non-hydrogen) atoms. The zero-order chi connectivity index (χ0) is 16.8. The number of hydrogen-bond acceptors (Lipinski definition) is 3. The van der Waals surface area contributed by atoms with Crippen LogP contribution in [-0.2, 0) is 11.3 Å². The SMILES string of the molecule is C[C@H]1COCCN1C(=O)NC[C@@H]1CCCN(Cc2ccccc2)C1. The van der Waals surface area contributed by atoms with Crippen molar-refractivity contribution in [3.8, 4) is 0 Å². The van der Waals surface area contributed by atoms with Crippen LogP contribution >= 0.6 is 0 Å². The van der Waals surface area contributed by atoms with E-state index in [2.05, 4.69) is 40.5 Å². The zero-order valence-electron chi connectivity index (χ0n) is 14.6. The van der Waals surface area contributed by atoms with Gasteiger partial charge in [-0.05, 0) is 37.8 Å². The number of benzene rings is 1. The van der Waals surface area contributed by atoms with E-state index < -0.39 is 0 Å². The average Bonchev–Trinajstić information content (AvgIpc) is 2.61. The van der Waals surface area contributed by atoms with Crippen molar-refractivity contribution in [2.45, 2.75) is 32.4 Å². The standard InChI is InChI=1S/C19H29N3O2/c1-16-15-24-11-10-22(16)19(23)20-12-18-8-5-9-21(14-18)13-17-6-3-2-4-7-17/h2-4,6-7,16,18H,5,8-15H2,1H3,(H,20,23)/t16-,18-/m0/s1. The maximum absolute atomic E-state index is 12.4. The van der Waals surface area contributed by atoms with Crippen molar-refractivity contribution in [3.05, 3.63) is 35.9 Å². The molecular formula is C19H29N3O2. The number of rotatable bonds is 4. The number of hydrogen-bond donors (Lipinski definition) is 1. The average molecular weight is 331 g/mol. The van der Waals surface area contributed by atoms with E-state index in [-0.39, 0.29) is 12.1 Å². The third-order valence-corrected chi connectivity index (χ3v) is 5.02. The first kappa shape index (κ1) is 17.2. The molecule has 1 N–H and O–H groups in total. The molecule has 1 aromatic rings. The highest BCUT2D eigenvalue weighted by Gasteiger charge is 2.25. The van der Waals surface area contributed by atoms with Crippen LogP contribution in [-0.4, -0.2) is 61.3 Å². The molecule has 2 aliphatic heterocycles. The van der Waals surface area contributed by atoms with E-state index >= 15 is 0 Å². The van der Waals surface area contributed by atoms with Crippen molar-refractivity contribution >= 4 is 6.03 Å². The molecule has 0 unspecified atom stereocenters. The van der Waals surface area contributed by atoms with Crippen LogP contribution in [0.15, 0.2) is 30.3 Å². The van der Waals surface area contributed by atoms with E-state index in [9.17, 15) is 4.79 Å². The molecule has 2 saturated heterocycles. The number of nitrogens with zero attached hydrogens (tertiary/aromatic N) is 2. The molecule has 3 rings (SSSR count). The van der Waals surface area contributed by atoms with Crippen LogP contribution in [0.1, 0.15) is 25.3 Å². The van der Waals surface area contributed by atoms with E-state index in [1.54, 1.807) is 0 Å². The molecule has 5 heteroatoms. The van der Waals surface area contributed by atoms with E-state index in [0.717, 1.165) is 26.2 Å². The fourth-order valence-electron chi connectivity index (χ4n) is 3.67. The normalized spacial score (nSPS) is 25.5. The predicted octanol–water partition coefficient (Wildman–Crippen LogP) is 2.33. The highest BCUT2D eigenvalue weighted by Crippen LogP contribution is 2.18. The second-order valence-electron chi connectivity index (χ2n) is 7.03. The van der Waals surface area contributed by atoms with Crippen molar-refractivity contribution in [1.29, 1.82) is 0 Å². The van der Waals surface area contributed by atoms with Gasteiger partial charge in [-0.25, -0.2) is 4.79 Å². The summed E-state index contributed by atoms with van der Waals surface area (Å²) in [6.07, 6.45) is 2.41. The van der Waals surface area contributed by atoms with Crippen LogP contribution in [0.25, 0.3) is 0 Å². The van der Waals surface area contributed by atoms with Gasteiger partial charge in [0.1, 0.15) is 0 Å². The lowest BCUT2D eigenvalue weighted by Crippen LogP contribution is -2.52. The molecule has 2 heterocycles. The van der Waals surface area contributed by atoms with E-state index in [0.29, 0.717) is 25.7 Å². The predicted molar refractivity (Wildman–Crippen MR) is 94.8 cm³/mol. The summed E-state index contributed by atoms with van der Waals surface area (Å²) < 4.78 is 5.40. The van der Waals surface area contributed by atoms with Crippen molar-refractivity contribution < 1.29 is 9.53 Å². The summed E-state index contributed by atoms with van der Waals surface area (Å²) in [6.45, 7) is 8.01. The van der Waals surface area contributed by atoms with Gasteiger partial charge in [-0.3, -0.25) is 4.90 Å². The lowest BCUT2D eigenvalue weighted by Gasteiger charge is -2.35. The molecule has 0 aliphatic carbocycles. The number of urea groups is 1. The number of likely N-dealkylation sites (tertiary alicyclic amines) is 1. The van der Waals surface area contributed by atoms with Crippen molar-refractivity contribution in [1.82, 2.24) is 15.1 Å². The fourth-order valence-corrected chi connectivity index (χ4v) is 3.67. The van der Waals surface area contributed by atoms with Gasteiger partial charge in [0, 0.05) is 26.2 Å². The number of ether oxygens (including phenoxy) is 1. The van der Waals surface area contributed by atoms with Gasteiger partial charge in [0.2, 0.25) is 0 Å². The number of carbonyl (C=O) groups excluding carboxylic acids is 1. The molecule has 0 radical (unpaired) electrons. The summed E-state index contributed by atoms with van der Waals surface area (Å²) in [5, 5.41) is 3.14. The van der Waals surface area contributed by atoms with Crippen molar-refractivity contribution in [3.63, 3.8) is 0 Å². The van der Waals surface area contributed by atoms with Crippen molar-refractivity contribution in [2.24, 2.45) is 5.92 Å². The molecule has 0 spiro atoms. The second kappa shape index (κ2) is 8.49. The van der Waals surface area contributed by atoms with Crippen LogP contribution in [0.2, 0.25) is 0 Å². The third-order valence-electron chi connectivity index (χ3n) is 5.02. The molecule has 2 amide bonds. The Kier molecular flexibility index (Phi) is 6.10. The second-order valence-corrected chi connectivity index (χ2v) is 7.03. The first-order valence-electron chi connectivity index (χ1n) is 9.11. The lowest BCUT2D eigenvalue weighted by atomic mass is 9.97. The van der Waals surface area contributed by atoms with Gasteiger partial charge in [-0.2, -0.15) is 0 Å². The minimum atomic E-state index is 0.0611. The first-order valence-corrected chi connectivity index (χ1v) is 9.11. The van der Waals surface area contributed by atoms with Gasteiger partial charge >= 0.3 is 6.03 Å². The van der Waals surface area contributed by atoms with E-state index in [1.165, 1.54) is 18.4 Å². The van der Waals surface area contributed by atoms with Crippen molar-refractivity contribution in [2.75, 3.05) is 39.4 Å². The molecule has 2 fully saturated rings. The number of piperidine rings is 1. The molecule has 0 bridgehead atoms. The van der Waals surface area contributed by atoms with Gasteiger partial charge in [-0.15, -0.1) is 0 Å². The Hall–Kier alpha value is -1.59. The largest absolute Gasteiger partial charge is 0.377 e. The molecule has 2 atom stereocenters. The molecular weight excluding hydrogens is 302 g/mol. The van der Waals surface area contributed by atoms with Crippen LogP contribution in [0.5, 0.6) is 0 Å². The van der Waals surface area contributed by atoms with E-state index in [1.807, 2.05) is 11.8 Å². The quantitative estimate of drug-likeness (QED) is 0.921. The maximum atomic E-state index is 12.4. The highest BCUT2D eigenvalue weighted by molar-refractivity contribution is 5.74. The van der Waals surface area contributed by atoms with Gasteiger partial charge in [-0.1, -0.05) is 30.3 Å².